The molecule has 0 fully saturated rings. The van der Waals surface area contributed by atoms with Crippen molar-refractivity contribution in [2.24, 2.45) is 0 Å². The van der Waals surface area contributed by atoms with Crippen LogP contribution in [0.4, 0.5) is 13.2 Å². The Morgan fingerprint density at radius 3 is 2.50 bits per heavy atom. The molecule has 1 rings (SSSR count). The first-order valence-corrected chi connectivity index (χ1v) is 4.76. The lowest BCUT2D eigenvalue weighted by molar-refractivity contribution is -0.140. The minimum Gasteiger partial charge on any atom is -0.481 e. The quantitative estimate of drug-likeness (QED) is 0.895. The summed E-state index contributed by atoms with van der Waals surface area (Å²) in [5.41, 5.74) is -1.04. The summed E-state index contributed by atoms with van der Waals surface area (Å²) in [6, 6.07) is 3.40. The Morgan fingerprint density at radius 2 is 2.00 bits per heavy atom. The Kier molecular flexibility index (Phi) is 3.80. The van der Waals surface area contributed by atoms with Crippen molar-refractivity contribution in [2.45, 2.75) is 19.0 Å². The van der Waals surface area contributed by atoms with Gasteiger partial charge in [-0.3, -0.25) is 4.79 Å². The highest BCUT2D eigenvalue weighted by atomic mass is 35.5. The van der Waals surface area contributed by atoms with Gasteiger partial charge in [-0.25, -0.2) is 0 Å². The van der Waals surface area contributed by atoms with Crippen LogP contribution in [0.3, 0.4) is 0 Å². The van der Waals surface area contributed by atoms with Crippen LogP contribution >= 0.6 is 11.6 Å². The molecule has 0 heterocycles. The number of alkyl halides is 3. The number of rotatable bonds is 3. The molecule has 0 aliphatic rings. The van der Waals surface area contributed by atoms with Crippen LogP contribution in [0.2, 0.25) is 5.02 Å². The van der Waals surface area contributed by atoms with Crippen LogP contribution in [0.1, 0.15) is 17.5 Å². The first kappa shape index (κ1) is 12.8. The second-order valence-corrected chi connectivity index (χ2v) is 3.56. The van der Waals surface area contributed by atoms with Crippen molar-refractivity contribution >= 4 is 17.6 Å². The number of aliphatic carboxylic acids is 1. The Morgan fingerprint density at radius 1 is 1.38 bits per heavy atom. The third-order valence-corrected chi connectivity index (χ3v) is 2.37. The molecule has 2 nitrogen and oxygen atoms in total. The van der Waals surface area contributed by atoms with Gasteiger partial charge >= 0.3 is 12.1 Å². The van der Waals surface area contributed by atoms with Gasteiger partial charge in [0, 0.05) is 11.4 Å². The molecule has 0 saturated carbocycles. The van der Waals surface area contributed by atoms with Gasteiger partial charge in [-0.05, 0) is 24.1 Å². The average Bonchev–Trinajstić information content (AvgIpc) is 2.13. The minimum absolute atomic E-state index is 0.0592. The fourth-order valence-corrected chi connectivity index (χ4v) is 1.58. The van der Waals surface area contributed by atoms with Gasteiger partial charge < -0.3 is 5.11 Å². The molecule has 0 saturated heterocycles. The Labute approximate surface area is 94.6 Å². The number of carboxylic acids is 1. The first-order valence-electron chi connectivity index (χ1n) is 4.38. The lowest BCUT2D eigenvalue weighted by atomic mass is 10.0. The van der Waals surface area contributed by atoms with Crippen molar-refractivity contribution in [1.82, 2.24) is 0 Å². The zero-order chi connectivity index (χ0) is 12.3. The van der Waals surface area contributed by atoms with Gasteiger partial charge in [0.1, 0.15) is 0 Å². The van der Waals surface area contributed by atoms with E-state index in [9.17, 15) is 18.0 Å². The molecule has 16 heavy (non-hydrogen) atoms. The van der Waals surface area contributed by atoms with Gasteiger partial charge in [-0.15, -0.1) is 0 Å². The molecule has 1 N–H and O–H groups in total. The summed E-state index contributed by atoms with van der Waals surface area (Å²) in [5, 5.41) is 8.38. The van der Waals surface area contributed by atoms with E-state index in [1.807, 2.05) is 0 Å². The number of hydrogen-bond donors (Lipinski definition) is 1. The predicted molar refractivity (Wildman–Crippen MR) is 52.4 cm³/mol. The van der Waals surface area contributed by atoms with E-state index in [4.69, 9.17) is 16.7 Å². The van der Waals surface area contributed by atoms with Gasteiger partial charge in [0.25, 0.3) is 0 Å². The largest absolute Gasteiger partial charge is 0.481 e. The number of carbonyl (C=O) groups is 1. The van der Waals surface area contributed by atoms with Crippen molar-refractivity contribution in [3.8, 4) is 0 Å². The molecule has 0 aromatic heterocycles. The highest BCUT2D eigenvalue weighted by molar-refractivity contribution is 6.31. The van der Waals surface area contributed by atoms with E-state index in [1.54, 1.807) is 0 Å². The lowest BCUT2D eigenvalue weighted by Crippen LogP contribution is -2.10. The summed E-state index contributed by atoms with van der Waals surface area (Å²) in [5.74, 6) is -1.16. The zero-order valence-electron chi connectivity index (χ0n) is 8.01. The van der Waals surface area contributed by atoms with E-state index in [0.717, 1.165) is 6.07 Å². The highest BCUT2D eigenvalue weighted by Crippen LogP contribution is 2.35. The molecular weight excluding hydrogens is 245 g/mol. The van der Waals surface area contributed by atoms with E-state index in [1.165, 1.54) is 12.1 Å². The molecule has 0 aliphatic heterocycles. The summed E-state index contributed by atoms with van der Waals surface area (Å²) in [4.78, 5) is 10.3. The monoisotopic (exact) mass is 252 g/mol. The van der Waals surface area contributed by atoms with Crippen molar-refractivity contribution in [2.75, 3.05) is 0 Å². The van der Waals surface area contributed by atoms with E-state index in [-0.39, 0.29) is 23.4 Å². The van der Waals surface area contributed by atoms with Crippen LogP contribution in [-0.2, 0) is 17.4 Å². The van der Waals surface area contributed by atoms with Crippen molar-refractivity contribution < 1.29 is 23.1 Å². The SMILES string of the molecule is O=C(O)CCc1c(Cl)cccc1C(F)(F)F. The third kappa shape index (κ3) is 3.13. The predicted octanol–water partition coefficient (Wildman–Crippen LogP) is 3.38. The second-order valence-electron chi connectivity index (χ2n) is 3.16. The Bertz CT molecular complexity index is 402. The van der Waals surface area contributed by atoms with E-state index in [0.29, 0.717) is 0 Å². The molecule has 88 valence electrons. The standard InChI is InChI=1S/C10H8ClF3O2/c11-8-3-1-2-7(10(12,13)14)6(8)4-5-9(15)16/h1-3H,4-5H2,(H,15,16). The van der Waals surface area contributed by atoms with E-state index in [2.05, 4.69) is 0 Å². The molecule has 0 atom stereocenters. The molecular formula is C10H8ClF3O2. The maximum Gasteiger partial charge on any atom is 0.416 e. The van der Waals surface area contributed by atoms with Gasteiger partial charge in [0.15, 0.2) is 0 Å². The summed E-state index contributed by atoms with van der Waals surface area (Å²) in [6.45, 7) is 0. The van der Waals surface area contributed by atoms with Crippen molar-refractivity contribution in [1.29, 1.82) is 0 Å². The van der Waals surface area contributed by atoms with E-state index >= 15 is 0 Å². The van der Waals surface area contributed by atoms with Crippen LogP contribution < -0.4 is 0 Å². The summed E-state index contributed by atoms with van der Waals surface area (Å²) < 4.78 is 37.6. The van der Waals surface area contributed by atoms with Gasteiger partial charge in [0.2, 0.25) is 0 Å². The number of benzene rings is 1. The third-order valence-electron chi connectivity index (χ3n) is 2.01. The number of hydrogen-bond acceptors (Lipinski definition) is 1. The van der Waals surface area contributed by atoms with Crippen LogP contribution in [0, 0.1) is 0 Å². The molecule has 0 spiro atoms. The Hall–Kier alpha value is -1.23. The number of carboxylic acid groups (broad SMARTS) is 1. The highest BCUT2D eigenvalue weighted by Gasteiger charge is 2.33. The molecule has 0 unspecified atom stereocenters. The fraction of sp³-hybridized carbons (Fsp3) is 0.300. The molecule has 0 amide bonds. The summed E-state index contributed by atoms with van der Waals surface area (Å²) in [7, 11) is 0. The molecule has 1 aromatic carbocycles. The summed E-state index contributed by atoms with van der Waals surface area (Å²) >= 11 is 5.63. The van der Waals surface area contributed by atoms with Crippen LogP contribution in [0.5, 0.6) is 0 Å². The Balaban J connectivity index is 3.09. The van der Waals surface area contributed by atoms with Crippen LogP contribution in [0.15, 0.2) is 18.2 Å². The van der Waals surface area contributed by atoms with Crippen LogP contribution in [-0.4, -0.2) is 11.1 Å². The summed E-state index contributed by atoms with van der Waals surface area (Å²) in [6.07, 6.45) is -5.13. The van der Waals surface area contributed by atoms with Gasteiger partial charge in [0.05, 0.1) is 5.56 Å². The maximum atomic E-state index is 12.5. The van der Waals surface area contributed by atoms with E-state index < -0.39 is 17.7 Å². The van der Waals surface area contributed by atoms with Gasteiger partial charge in [-0.2, -0.15) is 13.2 Å². The molecule has 0 bridgehead atoms. The topological polar surface area (TPSA) is 37.3 Å². The molecule has 0 aliphatic carbocycles. The lowest BCUT2D eigenvalue weighted by Gasteiger charge is -2.13. The minimum atomic E-state index is -4.52. The maximum absolute atomic E-state index is 12.5. The molecule has 0 radical (unpaired) electrons. The van der Waals surface area contributed by atoms with Crippen molar-refractivity contribution in [3.63, 3.8) is 0 Å². The van der Waals surface area contributed by atoms with Crippen LogP contribution in [0.25, 0.3) is 0 Å². The molecule has 6 heteroatoms. The average molecular weight is 253 g/mol. The first-order chi connectivity index (χ1) is 7.32. The fourth-order valence-electron chi connectivity index (χ4n) is 1.31. The smallest absolute Gasteiger partial charge is 0.416 e. The zero-order valence-corrected chi connectivity index (χ0v) is 8.77. The number of halogens is 4. The molecule has 1 aromatic rings. The normalized spacial score (nSPS) is 11.5. The van der Waals surface area contributed by atoms with Gasteiger partial charge in [-0.1, -0.05) is 17.7 Å². The second kappa shape index (κ2) is 4.74. The van der Waals surface area contributed by atoms with Crippen molar-refractivity contribution in [3.05, 3.63) is 34.3 Å².